The Labute approximate surface area is 184 Å². The molecule has 0 spiro atoms. The fraction of sp³-hybridized carbons (Fsp3) is 0.333. The zero-order chi connectivity index (χ0) is 23.3. The topological polar surface area (TPSA) is 105 Å². The van der Waals surface area contributed by atoms with Gasteiger partial charge in [0.15, 0.2) is 0 Å². The van der Waals surface area contributed by atoms with Crippen molar-refractivity contribution in [3.8, 4) is 0 Å². The third kappa shape index (κ3) is 5.60. The molecule has 0 unspecified atom stereocenters. The summed E-state index contributed by atoms with van der Waals surface area (Å²) in [4.78, 5) is 23.3. The summed E-state index contributed by atoms with van der Waals surface area (Å²) in [6.45, 7) is 1.96. The van der Waals surface area contributed by atoms with Gasteiger partial charge in [0.2, 0.25) is 15.9 Å². The van der Waals surface area contributed by atoms with Crippen molar-refractivity contribution in [3.05, 3.63) is 54.1 Å². The molecule has 0 atom stereocenters. The van der Waals surface area contributed by atoms with Gasteiger partial charge in [-0.05, 0) is 62.2 Å². The van der Waals surface area contributed by atoms with E-state index in [4.69, 9.17) is 4.74 Å². The van der Waals surface area contributed by atoms with Crippen molar-refractivity contribution in [1.29, 1.82) is 0 Å². The molecule has 0 bridgehead atoms. The summed E-state index contributed by atoms with van der Waals surface area (Å²) in [7, 11) is -4.20. The minimum absolute atomic E-state index is 0.0127. The number of rotatable bonds is 6. The summed E-state index contributed by atoms with van der Waals surface area (Å²) < 4.78 is 58.5. The minimum Gasteiger partial charge on any atom is -0.450 e. The van der Waals surface area contributed by atoms with E-state index in [1.54, 1.807) is 31.2 Å². The fourth-order valence-corrected chi connectivity index (χ4v) is 4.88. The van der Waals surface area contributed by atoms with Crippen LogP contribution >= 0.6 is 0 Å². The van der Waals surface area contributed by atoms with Crippen LogP contribution in [0, 0.1) is 17.6 Å². The first kappa shape index (κ1) is 23.6. The van der Waals surface area contributed by atoms with E-state index in [1.165, 1.54) is 0 Å². The Morgan fingerprint density at radius 1 is 1.03 bits per heavy atom. The molecule has 32 heavy (non-hydrogen) atoms. The molecule has 2 N–H and O–H groups in total. The fourth-order valence-electron chi connectivity index (χ4n) is 3.34. The Hall–Kier alpha value is -3.05. The number of piperidine rings is 1. The lowest BCUT2D eigenvalue weighted by Crippen LogP contribution is -2.41. The summed E-state index contributed by atoms with van der Waals surface area (Å²) in [6.07, 6.45) is -0.0984. The lowest BCUT2D eigenvalue weighted by Gasteiger charge is -2.30. The first-order chi connectivity index (χ1) is 15.2. The van der Waals surface area contributed by atoms with Crippen LogP contribution in [-0.4, -0.2) is 44.4 Å². The molecule has 8 nitrogen and oxygen atoms in total. The highest BCUT2D eigenvalue weighted by Gasteiger charge is 2.33. The molecule has 0 aromatic heterocycles. The number of carbonyl (C=O) groups is 2. The number of anilines is 2. The quantitative estimate of drug-likeness (QED) is 0.676. The van der Waals surface area contributed by atoms with E-state index in [0.29, 0.717) is 17.4 Å². The highest BCUT2D eigenvalue weighted by atomic mass is 32.2. The lowest BCUT2D eigenvalue weighted by molar-refractivity contribution is -0.120. The average Bonchev–Trinajstić information content (AvgIpc) is 2.77. The van der Waals surface area contributed by atoms with Crippen LogP contribution in [0.2, 0.25) is 0 Å². The molecule has 2 aromatic rings. The molecule has 1 fully saturated rings. The van der Waals surface area contributed by atoms with Gasteiger partial charge in [0.05, 0.1) is 6.61 Å². The number of benzene rings is 2. The number of halogens is 2. The molecule has 172 valence electrons. The molecule has 1 heterocycles. The molecule has 1 aliphatic rings. The van der Waals surface area contributed by atoms with Crippen LogP contribution in [0.25, 0.3) is 0 Å². The van der Waals surface area contributed by atoms with E-state index >= 15 is 0 Å². The SMILES string of the molecule is CCOC(=O)Nc1ccc(NC(=O)C2CCN(S(=O)(=O)c3cc(F)ccc3F)CC2)cc1. The normalized spacial score (nSPS) is 15.2. The maximum atomic E-state index is 13.9. The largest absolute Gasteiger partial charge is 0.450 e. The van der Waals surface area contributed by atoms with E-state index in [0.717, 1.165) is 16.4 Å². The van der Waals surface area contributed by atoms with Gasteiger partial charge in [-0.15, -0.1) is 0 Å². The van der Waals surface area contributed by atoms with Crippen molar-refractivity contribution in [2.75, 3.05) is 30.3 Å². The molecule has 1 saturated heterocycles. The first-order valence-electron chi connectivity index (χ1n) is 10.0. The predicted molar refractivity (Wildman–Crippen MR) is 114 cm³/mol. The maximum absolute atomic E-state index is 13.9. The Morgan fingerprint density at radius 2 is 1.62 bits per heavy atom. The number of hydrogen-bond donors (Lipinski definition) is 2. The molecule has 2 aromatic carbocycles. The minimum atomic E-state index is -4.20. The van der Waals surface area contributed by atoms with Crippen LogP contribution in [0.15, 0.2) is 47.4 Å². The number of sulfonamides is 1. The first-order valence-corrected chi connectivity index (χ1v) is 11.4. The van der Waals surface area contributed by atoms with E-state index in [-0.39, 0.29) is 38.4 Å². The number of hydrogen-bond acceptors (Lipinski definition) is 5. The van der Waals surface area contributed by atoms with Gasteiger partial charge in [0, 0.05) is 30.4 Å². The molecule has 3 rings (SSSR count). The Balaban J connectivity index is 1.56. The molecular formula is C21H23F2N3O5S. The number of ether oxygens (including phenoxy) is 1. The Morgan fingerprint density at radius 3 is 2.22 bits per heavy atom. The number of nitrogens with one attached hydrogen (secondary N) is 2. The summed E-state index contributed by atoms with van der Waals surface area (Å²) in [5.41, 5.74) is 1.02. The molecular weight excluding hydrogens is 444 g/mol. The highest BCUT2D eigenvalue weighted by Crippen LogP contribution is 2.27. The van der Waals surface area contributed by atoms with Gasteiger partial charge in [0.25, 0.3) is 0 Å². The van der Waals surface area contributed by atoms with Gasteiger partial charge in [-0.1, -0.05) is 0 Å². The average molecular weight is 467 g/mol. The zero-order valence-electron chi connectivity index (χ0n) is 17.3. The summed E-state index contributed by atoms with van der Waals surface area (Å²) in [5, 5.41) is 5.30. The van der Waals surface area contributed by atoms with Crippen molar-refractivity contribution in [3.63, 3.8) is 0 Å². The van der Waals surface area contributed by atoms with Gasteiger partial charge in [0.1, 0.15) is 16.5 Å². The van der Waals surface area contributed by atoms with E-state index in [1.807, 2.05) is 0 Å². The summed E-state index contributed by atoms with van der Waals surface area (Å²) >= 11 is 0. The van der Waals surface area contributed by atoms with E-state index in [9.17, 15) is 26.8 Å². The highest BCUT2D eigenvalue weighted by molar-refractivity contribution is 7.89. The lowest BCUT2D eigenvalue weighted by atomic mass is 9.97. The maximum Gasteiger partial charge on any atom is 0.411 e. The molecule has 11 heteroatoms. The second kappa shape index (κ2) is 10.0. The van der Waals surface area contributed by atoms with Crippen LogP contribution < -0.4 is 10.6 Å². The smallest absolute Gasteiger partial charge is 0.411 e. The van der Waals surface area contributed by atoms with Gasteiger partial charge in [-0.2, -0.15) is 4.31 Å². The third-order valence-corrected chi connectivity index (χ3v) is 6.92. The second-order valence-corrected chi connectivity index (χ2v) is 9.07. The van der Waals surface area contributed by atoms with Crippen LogP contribution in [0.3, 0.4) is 0 Å². The summed E-state index contributed by atoms with van der Waals surface area (Å²) in [6, 6.07) is 8.73. The predicted octanol–water partition coefficient (Wildman–Crippen LogP) is 3.57. The van der Waals surface area contributed by atoms with Crippen LogP contribution in [0.4, 0.5) is 25.0 Å². The number of nitrogens with zero attached hydrogens (tertiary/aromatic N) is 1. The van der Waals surface area contributed by atoms with E-state index in [2.05, 4.69) is 10.6 Å². The summed E-state index contributed by atoms with van der Waals surface area (Å²) in [5.74, 6) is -2.57. The van der Waals surface area contributed by atoms with Crippen molar-refractivity contribution < 1.29 is 31.5 Å². The van der Waals surface area contributed by atoms with Gasteiger partial charge < -0.3 is 10.1 Å². The number of carbonyl (C=O) groups excluding carboxylic acids is 2. The Kier molecular flexibility index (Phi) is 7.41. The molecule has 2 amide bonds. The van der Waals surface area contributed by atoms with Gasteiger partial charge in [-0.3, -0.25) is 10.1 Å². The van der Waals surface area contributed by atoms with Crippen molar-refractivity contribution in [2.45, 2.75) is 24.7 Å². The third-order valence-electron chi connectivity index (χ3n) is 5.01. The van der Waals surface area contributed by atoms with Crippen molar-refractivity contribution >= 4 is 33.4 Å². The molecule has 0 saturated carbocycles. The monoisotopic (exact) mass is 467 g/mol. The molecule has 1 aliphatic heterocycles. The molecule has 0 radical (unpaired) electrons. The van der Waals surface area contributed by atoms with Gasteiger partial charge >= 0.3 is 6.09 Å². The standard InChI is InChI=1S/C21H23F2N3O5S/c1-2-31-21(28)25-17-6-4-16(5-7-17)24-20(27)14-9-11-26(12-10-14)32(29,30)19-13-15(22)3-8-18(19)23/h3-8,13-14H,2,9-12H2,1H3,(H,24,27)(H,25,28). The van der Waals surface area contributed by atoms with Crippen molar-refractivity contribution in [1.82, 2.24) is 4.31 Å². The van der Waals surface area contributed by atoms with Crippen LogP contribution in [-0.2, 0) is 19.6 Å². The van der Waals surface area contributed by atoms with Gasteiger partial charge in [-0.25, -0.2) is 22.0 Å². The van der Waals surface area contributed by atoms with E-state index < -0.39 is 38.6 Å². The zero-order valence-corrected chi connectivity index (χ0v) is 18.1. The second-order valence-electron chi connectivity index (χ2n) is 7.17. The molecule has 0 aliphatic carbocycles. The van der Waals surface area contributed by atoms with Crippen molar-refractivity contribution in [2.24, 2.45) is 5.92 Å². The van der Waals surface area contributed by atoms with Crippen LogP contribution in [0.1, 0.15) is 19.8 Å². The Bertz CT molecular complexity index is 1090. The number of amides is 2. The van der Waals surface area contributed by atoms with Crippen LogP contribution in [0.5, 0.6) is 0 Å².